The fourth-order valence-corrected chi connectivity index (χ4v) is 4.50. The summed E-state index contributed by atoms with van der Waals surface area (Å²) >= 11 is 1.76. The average Bonchev–Trinajstić information content (AvgIpc) is 3.26. The Kier molecular flexibility index (Phi) is 10.9. The van der Waals surface area contributed by atoms with E-state index in [9.17, 15) is 0 Å². The number of benzene rings is 2. The number of nitrogens with zero attached hydrogens (tertiary/aromatic N) is 2. The normalized spacial score (nSPS) is 11.5. The molecule has 0 atom stereocenters. The first-order valence-electron chi connectivity index (χ1n) is 12.2. The molecule has 0 radical (unpaired) electrons. The lowest BCUT2D eigenvalue weighted by Crippen LogP contribution is -2.14. The predicted molar refractivity (Wildman–Crippen MR) is 143 cm³/mol. The molecule has 188 valence electrons. The van der Waals surface area contributed by atoms with Gasteiger partial charge in [0, 0.05) is 22.5 Å². The van der Waals surface area contributed by atoms with Gasteiger partial charge in [-0.05, 0) is 87.7 Å². The molecular formula is C27H36N4O3S. The summed E-state index contributed by atoms with van der Waals surface area (Å²) in [6, 6.07) is 15.4. The molecule has 0 unspecified atom stereocenters. The van der Waals surface area contributed by atoms with Gasteiger partial charge in [-0.2, -0.15) is 0 Å². The van der Waals surface area contributed by atoms with Gasteiger partial charge >= 0.3 is 0 Å². The number of nitrogens with two attached hydrogens (primary N) is 1. The third kappa shape index (κ3) is 8.56. The third-order valence-corrected chi connectivity index (χ3v) is 6.48. The van der Waals surface area contributed by atoms with Gasteiger partial charge in [-0.15, -0.1) is 11.3 Å². The number of oxime groups is 1. The maximum absolute atomic E-state index is 8.70. The van der Waals surface area contributed by atoms with Crippen LogP contribution in [0.1, 0.15) is 54.5 Å². The number of rotatable bonds is 15. The van der Waals surface area contributed by atoms with Gasteiger partial charge in [0.05, 0.1) is 23.9 Å². The Bertz CT molecular complexity index is 1050. The Balaban J connectivity index is 1.35. The molecule has 0 aliphatic rings. The number of aryl methyl sites for hydroxylation is 1. The molecule has 0 amide bonds. The summed E-state index contributed by atoms with van der Waals surface area (Å²) in [4.78, 5) is 6.04. The first-order chi connectivity index (χ1) is 17.1. The van der Waals surface area contributed by atoms with Crippen molar-refractivity contribution in [3.8, 4) is 22.8 Å². The lowest BCUT2D eigenvalue weighted by Gasteiger charge is -2.09. The number of nitrogens with one attached hydrogen (secondary N) is 1. The van der Waals surface area contributed by atoms with Gasteiger partial charge in [-0.3, -0.25) is 0 Å². The van der Waals surface area contributed by atoms with Crippen LogP contribution in [0.3, 0.4) is 0 Å². The van der Waals surface area contributed by atoms with E-state index in [-0.39, 0.29) is 5.84 Å². The van der Waals surface area contributed by atoms with E-state index in [1.165, 1.54) is 17.7 Å². The van der Waals surface area contributed by atoms with Gasteiger partial charge in [0.2, 0.25) is 0 Å². The van der Waals surface area contributed by atoms with E-state index in [0.717, 1.165) is 60.1 Å². The molecule has 8 heteroatoms. The highest BCUT2D eigenvalue weighted by Gasteiger charge is 2.11. The Labute approximate surface area is 212 Å². The molecule has 0 aliphatic heterocycles. The lowest BCUT2D eigenvalue weighted by molar-refractivity contribution is 0.279. The molecule has 3 rings (SSSR count). The van der Waals surface area contributed by atoms with Crippen LogP contribution in [0.4, 0.5) is 0 Å². The van der Waals surface area contributed by atoms with Crippen molar-refractivity contribution in [2.24, 2.45) is 10.9 Å². The molecule has 2 aromatic carbocycles. The summed E-state index contributed by atoms with van der Waals surface area (Å²) in [5, 5.41) is 16.3. The van der Waals surface area contributed by atoms with Crippen molar-refractivity contribution in [2.45, 2.75) is 52.5 Å². The van der Waals surface area contributed by atoms with Crippen LogP contribution in [-0.2, 0) is 6.54 Å². The summed E-state index contributed by atoms with van der Waals surface area (Å²) in [5.74, 6) is 1.74. The van der Waals surface area contributed by atoms with E-state index in [2.05, 4.69) is 36.5 Å². The topological polar surface area (TPSA) is 102 Å². The molecule has 0 spiro atoms. The summed E-state index contributed by atoms with van der Waals surface area (Å²) < 4.78 is 11.7. The van der Waals surface area contributed by atoms with Gasteiger partial charge in [-0.25, -0.2) is 4.98 Å². The molecule has 0 bridgehead atoms. The van der Waals surface area contributed by atoms with E-state index in [0.29, 0.717) is 18.8 Å². The molecule has 0 saturated heterocycles. The lowest BCUT2D eigenvalue weighted by atomic mass is 10.1. The zero-order valence-electron chi connectivity index (χ0n) is 20.6. The monoisotopic (exact) mass is 496 g/mol. The standard InChI is InChI=1S/C27H36N4O3S/c1-3-4-16-29-19-25-26(30-20(2)35-25)21-8-12-23(13-9-21)33-17-6-5-7-18-34-24-14-10-22(11-15-24)27(28)31-32/h8-15,29,32H,3-7,16-19H2,1-2H3,(H2,28,31). The van der Waals surface area contributed by atoms with Gasteiger partial charge in [-0.1, -0.05) is 18.5 Å². The second-order valence-corrected chi connectivity index (χ2v) is 9.61. The van der Waals surface area contributed by atoms with E-state index < -0.39 is 0 Å². The Morgan fingerprint density at radius 2 is 1.60 bits per heavy atom. The molecule has 0 fully saturated rings. The van der Waals surface area contributed by atoms with Crippen LogP contribution in [0.5, 0.6) is 11.5 Å². The number of amidine groups is 1. The molecule has 0 saturated carbocycles. The zero-order valence-corrected chi connectivity index (χ0v) is 21.4. The van der Waals surface area contributed by atoms with Crippen molar-refractivity contribution in [2.75, 3.05) is 19.8 Å². The Morgan fingerprint density at radius 1 is 0.971 bits per heavy atom. The van der Waals surface area contributed by atoms with Crippen LogP contribution in [0.15, 0.2) is 53.7 Å². The van der Waals surface area contributed by atoms with Gasteiger partial charge in [0.1, 0.15) is 11.5 Å². The molecule has 4 N–H and O–H groups in total. The number of ether oxygens (including phenoxy) is 2. The van der Waals surface area contributed by atoms with Crippen molar-refractivity contribution in [1.82, 2.24) is 10.3 Å². The van der Waals surface area contributed by atoms with Crippen molar-refractivity contribution in [3.63, 3.8) is 0 Å². The summed E-state index contributed by atoms with van der Waals surface area (Å²) in [5.41, 5.74) is 8.42. The molecule has 7 nitrogen and oxygen atoms in total. The van der Waals surface area contributed by atoms with Crippen molar-refractivity contribution in [1.29, 1.82) is 0 Å². The second-order valence-electron chi connectivity index (χ2n) is 8.33. The Morgan fingerprint density at radius 3 is 2.20 bits per heavy atom. The third-order valence-electron chi connectivity index (χ3n) is 5.51. The van der Waals surface area contributed by atoms with Crippen LogP contribution < -0.4 is 20.5 Å². The number of hydrogen-bond donors (Lipinski definition) is 3. The maximum atomic E-state index is 8.70. The Hall–Kier alpha value is -3.10. The maximum Gasteiger partial charge on any atom is 0.170 e. The van der Waals surface area contributed by atoms with Crippen LogP contribution in [-0.4, -0.2) is 35.8 Å². The van der Waals surface area contributed by atoms with Crippen LogP contribution in [0.25, 0.3) is 11.3 Å². The fourth-order valence-electron chi connectivity index (χ4n) is 3.57. The second kappa shape index (κ2) is 14.3. The summed E-state index contributed by atoms with van der Waals surface area (Å²) in [6.45, 7) is 7.48. The van der Waals surface area contributed by atoms with Crippen LogP contribution >= 0.6 is 11.3 Å². The first kappa shape index (κ1) is 26.5. The van der Waals surface area contributed by atoms with Crippen LogP contribution in [0.2, 0.25) is 0 Å². The smallest absolute Gasteiger partial charge is 0.170 e. The molecule has 3 aromatic rings. The van der Waals surface area contributed by atoms with Crippen LogP contribution in [0, 0.1) is 6.92 Å². The number of thiazole rings is 1. The first-order valence-corrected chi connectivity index (χ1v) is 13.0. The number of hydrogen-bond acceptors (Lipinski definition) is 7. The van der Waals surface area contributed by atoms with E-state index in [4.69, 9.17) is 25.4 Å². The highest BCUT2D eigenvalue weighted by molar-refractivity contribution is 7.12. The molecular weight excluding hydrogens is 460 g/mol. The van der Waals surface area contributed by atoms with E-state index >= 15 is 0 Å². The minimum absolute atomic E-state index is 0.0873. The largest absolute Gasteiger partial charge is 0.494 e. The molecule has 1 aromatic heterocycles. The molecule has 0 aliphatic carbocycles. The van der Waals surface area contributed by atoms with Gasteiger partial charge < -0.3 is 25.7 Å². The predicted octanol–water partition coefficient (Wildman–Crippen LogP) is 5.73. The van der Waals surface area contributed by atoms with E-state index in [1.807, 2.05) is 24.3 Å². The van der Waals surface area contributed by atoms with E-state index in [1.54, 1.807) is 23.5 Å². The summed E-state index contributed by atoms with van der Waals surface area (Å²) in [7, 11) is 0. The highest BCUT2D eigenvalue weighted by Crippen LogP contribution is 2.29. The minimum atomic E-state index is 0.0873. The van der Waals surface area contributed by atoms with Crippen molar-refractivity contribution < 1.29 is 14.7 Å². The van der Waals surface area contributed by atoms with Gasteiger partial charge in [0.25, 0.3) is 0 Å². The fraction of sp³-hybridized carbons (Fsp3) is 0.407. The average molecular weight is 497 g/mol. The quantitative estimate of drug-likeness (QED) is 0.0816. The molecule has 35 heavy (non-hydrogen) atoms. The number of aromatic nitrogens is 1. The highest BCUT2D eigenvalue weighted by atomic mass is 32.1. The SMILES string of the molecule is CCCCNCc1sc(C)nc1-c1ccc(OCCCCCOc2ccc(/C(N)=N\O)cc2)cc1. The van der Waals surface area contributed by atoms with Crippen molar-refractivity contribution in [3.05, 3.63) is 64.0 Å². The van der Waals surface area contributed by atoms with Gasteiger partial charge in [0.15, 0.2) is 5.84 Å². The zero-order chi connectivity index (χ0) is 24.9. The molecule has 1 heterocycles. The number of unbranched alkanes of at least 4 members (excludes halogenated alkanes) is 3. The summed E-state index contributed by atoms with van der Waals surface area (Å²) in [6.07, 6.45) is 5.32. The van der Waals surface area contributed by atoms with Crippen molar-refractivity contribution >= 4 is 17.2 Å². The minimum Gasteiger partial charge on any atom is -0.494 e.